The molecule has 9 heteroatoms. The SMILES string of the molecule is C[C@@H](N)C(=O)NCC1CN(c2ccc(N3CCNCC3)c(F)c2)C(=O)O1. The van der Waals surface area contributed by atoms with Gasteiger partial charge in [0, 0.05) is 26.2 Å². The van der Waals surface area contributed by atoms with Gasteiger partial charge < -0.3 is 26.0 Å². The zero-order valence-electron chi connectivity index (χ0n) is 14.7. The van der Waals surface area contributed by atoms with E-state index in [1.54, 1.807) is 19.1 Å². The number of nitrogens with zero attached hydrogens (tertiary/aromatic N) is 2. The first-order chi connectivity index (χ1) is 12.5. The van der Waals surface area contributed by atoms with Crippen LogP contribution in [0.5, 0.6) is 0 Å². The van der Waals surface area contributed by atoms with Crippen LogP contribution in [-0.2, 0) is 9.53 Å². The van der Waals surface area contributed by atoms with Crippen LogP contribution in [0.2, 0.25) is 0 Å². The lowest BCUT2D eigenvalue weighted by molar-refractivity contribution is -0.122. The average Bonchev–Trinajstić information content (AvgIpc) is 3.01. The fourth-order valence-corrected chi connectivity index (χ4v) is 3.04. The van der Waals surface area contributed by atoms with Crippen LogP contribution in [0.1, 0.15) is 6.92 Å². The fourth-order valence-electron chi connectivity index (χ4n) is 3.04. The van der Waals surface area contributed by atoms with Gasteiger partial charge in [-0.15, -0.1) is 0 Å². The number of hydrogen-bond donors (Lipinski definition) is 3. The van der Waals surface area contributed by atoms with Crippen molar-refractivity contribution in [1.29, 1.82) is 0 Å². The van der Waals surface area contributed by atoms with Gasteiger partial charge in [0.2, 0.25) is 5.91 Å². The van der Waals surface area contributed by atoms with Crippen molar-refractivity contribution in [3.05, 3.63) is 24.0 Å². The molecule has 0 spiro atoms. The summed E-state index contributed by atoms with van der Waals surface area (Å²) in [5, 5.41) is 5.85. The Balaban J connectivity index is 1.64. The summed E-state index contributed by atoms with van der Waals surface area (Å²) in [6, 6.07) is 4.12. The molecule has 2 fully saturated rings. The number of carbonyl (C=O) groups is 2. The molecule has 3 rings (SSSR count). The van der Waals surface area contributed by atoms with Gasteiger partial charge in [-0.2, -0.15) is 0 Å². The van der Waals surface area contributed by atoms with Crippen molar-refractivity contribution in [2.45, 2.75) is 19.1 Å². The molecular formula is C17H24FN5O3. The van der Waals surface area contributed by atoms with Crippen molar-refractivity contribution >= 4 is 23.4 Å². The Hall–Kier alpha value is -2.39. The second-order valence-electron chi connectivity index (χ2n) is 6.52. The highest BCUT2D eigenvalue weighted by Crippen LogP contribution is 2.28. The highest BCUT2D eigenvalue weighted by molar-refractivity contribution is 5.90. The quantitative estimate of drug-likeness (QED) is 0.681. The molecule has 1 aromatic carbocycles. The van der Waals surface area contributed by atoms with Crippen LogP contribution in [0.25, 0.3) is 0 Å². The molecule has 1 aromatic rings. The summed E-state index contributed by atoms with van der Waals surface area (Å²) < 4.78 is 19.8. The second kappa shape index (κ2) is 7.88. The number of ether oxygens (including phenoxy) is 1. The number of anilines is 2. The minimum atomic E-state index is -0.630. The van der Waals surface area contributed by atoms with Crippen LogP contribution < -0.4 is 26.2 Å². The molecule has 0 saturated carbocycles. The van der Waals surface area contributed by atoms with Gasteiger partial charge in [-0.25, -0.2) is 9.18 Å². The maximum Gasteiger partial charge on any atom is 0.414 e. The Morgan fingerprint density at radius 2 is 2.19 bits per heavy atom. The van der Waals surface area contributed by atoms with Crippen molar-refractivity contribution in [3.8, 4) is 0 Å². The third kappa shape index (κ3) is 4.05. The highest BCUT2D eigenvalue weighted by atomic mass is 19.1. The van der Waals surface area contributed by atoms with Crippen molar-refractivity contribution in [2.24, 2.45) is 5.73 Å². The van der Waals surface area contributed by atoms with E-state index >= 15 is 0 Å². The zero-order valence-corrected chi connectivity index (χ0v) is 14.7. The Kier molecular flexibility index (Phi) is 5.58. The van der Waals surface area contributed by atoms with E-state index in [9.17, 15) is 14.0 Å². The topological polar surface area (TPSA) is 99.9 Å². The van der Waals surface area contributed by atoms with Crippen LogP contribution >= 0.6 is 0 Å². The largest absolute Gasteiger partial charge is 0.442 e. The van der Waals surface area contributed by atoms with Crippen LogP contribution in [0.3, 0.4) is 0 Å². The van der Waals surface area contributed by atoms with Gasteiger partial charge in [-0.1, -0.05) is 0 Å². The van der Waals surface area contributed by atoms with Gasteiger partial charge in [0.15, 0.2) is 0 Å². The molecule has 142 valence electrons. The molecule has 26 heavy (non-hydrogen) atoms. The number of halogens is 1. The molecule has 2 saturated heterocycles. The van der Waals surface area contributed by atoms with Gasteiger partial charge in [-0.3, -0.25) is 9.69 Å². The molecule has 2 atom stereocenters. The Morgan fingerprint density at radius 3 is 2.85 bits per heavy atom. The van der Waals surface area contributed by atoms with Crippen LogP contribution in [0.4, 0.5) is 20.6 Å². The number of hydrogen-bond acceptors (Lipinski definition) is 6. The standard InChI is InChI=1S/C17H24FN5O3/c1-11(19)16(24)21-9-13-10-23(17(25)26-13)12-2-3-15(14(18)8-12)22-6-4-20-5-7-22/h2-3,8,11,13,20H,4-7,9-10,19H2,1H3,(H,21,24)/t11-,13?/m1/s1. The van der Waals surface area contributed by atoms with E-state index in [-0.39, 0.29) is 24.8 Å². The number of nitrogens with two attached hydrogens (primary N) is 1. The molecule has 4 N–H and O–H groups in total. The lowest BCUT2D eigenvalue weighted by atomic mass is 10.2. The van der Waals surface area contributed by atoms with E-state index in [4.69, 9.17) is 10.5 Å². The number of nitrogens with one attached hydrogen (secondary N) is 2. The molecule has 2 amide bonds. The summed E-state index contributed by atoms with van der Waals surface area (Å²) in [5.41, 5.74) is 6.45. The average molecular weight is 365 g/mol. The van der Waals surface area contributed by atoms with Crippen LogP contribution in [-0.4, -0.2) is 63.4 Å². The molecule has 2 aliphatic heterocycles. The maximum atomic E-state index is 14.5. The third-order valence-corrected chi connectivity index (χ3v) is 4.49. The first kappa shape index (κ1) is 18.4. The Bertz CT molecular complexity index is 678. The molecule has 0 aromatic heterocycles. The molecule has 2 aliphatic rings. The highest BCUT2D eigenvalue weighted by Gasteiger charge is 2.33. The predicted molar refractivity (Wildman–Crippen MR) is 95.8 cm³/mol. The number of carbonyl (C=O) groups excluding carboxylic acids is 2. The minimum absolute atomic E-state index is 0.171. The summed E-state index contributed by atoms with van der Waals surface area (Å²) in [4.78, 5) is 26.9. The Morgan fingerprint density at radius 1 is 1.46 bits per heavy atom. The van der Waals surface area contributed by atoms with E-state index in [1.165, 1.54) is 11.0 Å². The van der Waals surface area contributed by atoms with Gasteiger partial charge in [0.05, 0.1) is 30.5 Å². The first-order valence-corrected chi connectivity index (χ1v) is 8.72. The summed E-state index contributed by atoms with van der Waals surface area (Å²) in [5.74, 6) is -0.683. The zero-order chi connectivity index (χ0) is 18.7. The fraction of sp³-hybridized carbons (Fsp3) is 0.529. The number of rotatable bonds is 5. The molecule has 0 bridgehead atoms. The van der Waals surface area contributed by atoms with Gasteiger partial charge in [0.1, 0.15) is 11.9 Å². The van der Waals surface area contributed by atoms with E-state index in [0.29, 0.717) is 11.4 Å². The van der Waals surface area contributed by atoms with E-state index in [2.05, 4.69) is 10.6 Å². The summed E-state index contributed by atoms with van der Waals surface area (Å²) in [6.45, 7) is 5.09. The van der Waals surface area contributed by atoms with Gasteiger partial charge in [-0.05, 0) is 25.1 Å². The van der Waals surface area contributed by atoms with Crippen molar-refractivity contribution in [2.75, 3.05) is 49.1 Å². The molecule has 0 radical (unpaired) electrons. The van der Waals surface area contributed by atoms with E-state index < -0.39 is 18.2 Å². The summed E-state index contributed by atoms with van der Waals surface area (Å²) in [6.07, 6.45) is -1.06. The summed E-state index contributed by atoms with van der Waals surface area (Å²) in [7, 11) is 0. The van der Waals surface area contributed by atoms with Gasteiger partial charge >= 0.3 is 6.09 Å². The first-order valence-electron chi connectivity index (χ1n) is 8.72. The van der Waals surface area contributed by atoms with E-state index in [1.807, 2.05) is 4.90 Å². The maximum absolute atomic E-state index is 14.5. The van der Waals surface area contributed by atoms with Crippen molar-refractivity contribution in [1.82, 2.24) is 10.6 Å². The number of amides is 2. The third-order valence-electron chi connectivity index (χ3n) is 4.49. The molecular weight excluding hydrogens is 341 g/mol. The molecule has 0 aliphatic carbocycles. The minimum Gasteiger partial charge on any atom is -0.442 e. The normalized spacial score (nSPS) is 21.5. The van der Waals surface area contributed by atoms with Crippen LogP contribution in [0.15, 0.2) is 18.2 Å². The lowest BCUT2D eigenvalue weighted by Crippen LogP contribution is -2.43. The predicted octanol–water partition coefficient (Wildman–Crippen LogP) is 0.0239. The smallest absolute Gasteiger partial charge is 0.414 e. The lowest BCUT2D eigenvalue weighted by Gasteiger charge is -2.30. The molecule has 2 heterocycles. The Labute approximate surface area is 151 Å². The molecule has 1 unspecified atom stereocenters. The second-order valence-corrected chi connectivity index (χ2v) is 6.52. The molecule has 8 nitrogen and oxygen atoms in total. The summed E-state index contributed by atoms with van der Waals surface area (Å²) >= 11 is 0. The number of cyclic esters (lactones) is 1. The number of benzene rings is 1. The number of piperazine rings is 1. The van der Waals surface area contributed by atoms with Crippen molar-refractivity contribution in [3.63, 3.8) is 0 Å². The van der Waals surface area contributed by atoms with E-state index in [0.717, 1.165) is 26.2 Å². The van der Waals surface area contributed by atoms with Crippen molar-refractivity contribution < 1.29 is 18.7 Å². The monoisotopic (exact) mass is 365 g/mol. The van der Waals surface area contributed by atoms with Crippen LogP contribution in [0, 0.1) is 5.82 Å². The van der Waals surface area contributed by atoms with Gasteiger partial charge in [0.25, 0.3) is 0 Å².